The van der Waals surface area contributed by atoms with E-state index in [1.807, 2.05) is 48.5 Å². The molecule has 0 aliphatic heterocycles. The molecule has 4 heteroatoms. The summed E-state index contributed by atoms with van der Waals surface area (Å²) in [6.45, 7) is 2.16. The molecular formula is C45H34N4. The predicted octanol–water partition coefficient (Wildman–Crippen LogP) is 12.2. The van der Waals surface area contributed by atoms with Crippen LogP contribution in [0.1, 0.15) is 5.56 Å². The molecule has 1 aromatic heterocycles. The fourth-order valence-electron chi connectivity index (χ4n) is 6.34. The molecule has 0 atom stereocenters. The van der Waals surface area contributed by atoms with E-state index in [1.54, 1.807) is 0 Å². The maximum absolute atomic E-state index is 5.10. The number of hydrogen-bond donors (Lipinski definition) is 1. The van der Waals surface area contributed by atoms with Crippen molar-refractivity contribution in [3.63, 3.8) is 0 Å². The molecule has 0 fully saturated rings. The molecule has 234 valence electrons. The molecule has 4 nitrogen and oxygen atoms in total. The maximum Gasteiger partial charge on any atom is 0.0973 e. The normalized spacial score (nSPS) is 11.0. The molecular weight excluding hydrogens is 597 g/mol. The Hall–Kier alpha value is -6.52. The van der Waals surface area contributed by atoms with Gasteiger partial charge >= 0.3 is 0 Å². The number of aryl methyl sites for hydroxylation is 1. The van der Waals surface area contributed by atoms with Crippen LogP contribution in [0, 0.1) is 6.92 Å². The number of anilines is 5. The van der Waals surface area contributed by atoms with E-state index in [9.17, 15) is 0 Å². The average molecular weight is 631 g/mol. The molecule has 49 heavy (non-hydrogen) atoms. The van der Waals surface area contributed by atoms with Gasteiger partial charge in [0.1, 0.15) is 0 Å². The van der Waals surface area contributed by atoms with Gasteiger partial charge in [0.25, 0.3) is 0 Å². The summed E-state index contributed by atoms with van der Waals surface area (Å²) in [5.41, 5.74) is 14.5. The van der Waals surface area contributed by atoms with Crippen LogP contribution < -0.4 is 10.2 Å². The minimum atomic E-state index is 0.865. The predicted molar refractivity (Wildman–Crippen MR) is 205 cm³/mol. The van der Waals surface area contributed by atoms with Gasteiger partial charge in [-0.15, -0.1) is 0 Å². The number of fused-ring (bicyclic) bond motifs is 1. The lowest BCUT2D eigenvalue weighted by Crippen LogP contribution is -2.09. The van der Waals surface area contributed by atoms with Crippen LogP contribution in [-0.2, 0) is 0 Å². The highest BCUT2D eigenvalue weighted by Crippen LogP contribution is 2.38. The average Bonchev–Trinajstić information content (AvgIpc) is 3.17. The fraction of sp³-hybridized carbons (Fsp3) is 0.0222. The number of nitrogens with zero attached hydrogens (tertiary/aromatic N) is 3. The van der Waals surface area contributed by atoms with E-state index in [0.717, 1.165) is 62.0 Å². The smallest absolute Gasteiger partial charge is 0.0973 e. The highest BCUT2D eigenvalue weighted by molar-refractivity contribution is 5.88. The van der Waals surface area contributed by atoms with Gasteiger partial charge in [-0.1, -0.05) is 115 Å². The summed E-state index contributed by atoms with van der Waals surface area (Å²) < 4.78 is 0. The number of aromatic nitrogens is 2. The second kappa shape index (κ2) is 13.3. The largest absolute Gasteiger partial charge is 0.355 e. The summed E-state index contributed by atoms with van der Waals surface area (Å²) in [6.07, 6.45) is 0. The molecule has 7 aromatic carbocycles. The van der Waals surface area contributed by atoms with E-state index in [4.69, 9.17) is 9.97 Å². The summed E-state index contributed by atoms with van der Waals surface area (Å²) in [5.74, 6) is 0. The Morgan fingerprint density at radius 2 is 0.878 bits per heavy atom. The standard InChI is InChI=1S/C45H34N4/c1-32-14-8-9-19-39(32)40-20-10-11-21-41(40)46-35-26-30-38(31-27-35)49(36-17-6-3-7-18-36)37-28-24-34(25-29-37)45-44(33-15-4-2-5-16-33)47-42-22-12-13-23-43(42)48-45/h2-31,46H,1H3. The first-order valence-corrected chi connectivity index (χ1v) is 16.5. The monoisotopic (exact) mass is 630 g/mol. The van der Waals surface area contributed by atoms with Crippen LogP contribution >= 0.6 is 0 Å². The molecule has 0 saturated carbocycles. The lowest BCUT2D eigenvalue weighted by molar-refractivity contribution is 1.27. The van der Waals surface area contributed by atoms with Crippen molar-refractivity contribution in [2.75, 3.05) is 10.2 Å². The summed E-state index contributed by atoms with van der Waals surface area (Å²) in [4.78, 5) is 12.4. The summed E-state index contributed by atoms with van der Waals surface area (Å²) >= 11 is 0. The van der Waals surface area contributed by atoms with E-state index >= 15 is 0 Å². The topological polar surface area (TPSA) is 41.0 Å². The number of para-hydroxylation sites is 4. The summed E-state index contributed by atoms with van der Waals surface area (Å²) in [5, 5.41) is 3.67. The first-order chi connectivity index (χ1) is 24.2. The van der Waals surface area contributed by atoms with Crippen molar-refractivity contribution >= 4 is 39.5 Å². The zero-order chi connectivity index (χ0) is 33.0. The van der Waals surface area contributed by atoms with Gasteiger partial charge in [0, 0.05) is 45.1 Å². The molecule has 0 unspecified atom stereocenters. The number of hydrogen-bond acceptors (Lipinski definition) is 4. The molecule has 1 N–H and O–H groups in total. The van der Waals surface area contributed by atoms with Crippen molar-refractivity contribution in [3.05, 3.63) is 188 Å². The number of benzene rings is 7. The first-order valence-electron chi connectivity index (χ1n) is 16.5. The minimum absolute atomic E-state index is 0.865. The van der Waals surface area contributed by atoms with Crippen molar-refractivity contribution in [2.45, 2.75) is 6.92 Å². The van der Waals surface area contributed by atoms with E-state index in [-0.39, 0.29) is 0 Å². The lowest BCUT2D eigenvalue weighted by atomic mass is 9.99. The molecule has 0 amide bonds. The van der Waals surface area contributed by atoms with Gasteiger partial charge in [-0.25, -0.2) is 9.97 Å². The third-order valence-corrected chi connectivity index (χ3v) is 8.80. The van der Waals surface area contributed by atoms with Gasteiger partial charge in [-0.05, 0) is 84.8 Å². The summed E-state index contributed by atoms with van der Waals surface area (Å²) in [7, 11) is 0. The Bertz CT molecular complexity index is 2350. The molecule has 1 heterocycles. The van der Waals surface area contributed by atoms with Crippen LogP contribution in [0.5, 0.6) is 0 Å². The van der Waals surface area contributed by atoms with Crippen molar-refractivity contribution in [3.8, 4) is 33.6 Å². The third-order valence-electron chi connectivity index (χ3n) is 8.80. The van der Waals surface area contributed by atoms with Crippen LogP contribution in [0.4, 0.5) is 28.4 Å². The Kier molecular flexibility index (Phi) is 8.11. The highest BCUT2D eigenvalue weighted by atomic mass is 15.1. The van der Waals surface area contributed by atoms with Crippen molar-refractivity contribution < 1.29 is 0 Å². The maximum atomic E-state index is 5.10. The minimum Gasteiger partial charge on any atom is -0.355 e. The van der Waals surface area contributed by atoms with Gasteiger partial charge in [-0.3, -0.25) is 0 Å². The van der Waals surface area contributed by atoms with Crippen LogP contribution in [0.25, 0.3) is 44.7 Å². The molecule has 8 aromatic rings. The van der Waals surface area contributed by atoms with E-state index < -0.39 is 0 Å². The lowest BCUT2D eigenvalue weighted by Gasteiger charge is -2.26. The van der Waals surface area contributed by atoms with E-state index in [1.165, 1.54) is 16.7 Å². The third kappa shape index (κ3) is 6.16. The Balaban J connectivity index is 1.14. The first kappa shape index (κ1) is 29.9. The van der Waals surface area contributed by atoms with Crippen LogP contribution in [0.15, 0.2) is 182 Å². The molecule has 0 radical (unpaired) electrons. The van der Waals surface area contributed by atoms with Crippen LogP contribution in [-0.4, -0.2) is 9.97 Å². The number of rotatable bonds is 8. The van der Waals surface area contributed by atoms with E-state index in [2.05, 4.69) is 151 Å². The molecule has 8 rings (SSSR count). The van der Waals surface area contributed by atoms with Crippen LogP contribution in [0.3, 0.4) is 0 Å². The molecule has 0 spiro atoms. The molecule has 0 aliphatic carbocycles. The van der Waals surface area contributed by atoms with Crippen LogP contribution in [0.2, 0.25) is 0 Å². The second-order valence-corrected chi connectivity index (χ2v) is 12.0. The fourth-order valence-corrected chi connectivity index (χ4v) is 6.34. The van der Waals surface area contributed by atoms with Gasteiger partial charge < -0.3 is 10.2 Å². The zero-order valence-electron chi connectivity index (χ0n) is 27.2. The Labute approximate surface area is 287 Å². The van der Waals surface area contributed by atoms with Gasteiger partial charge in [0.05, 0.1) is 22.4 Å². The van der Waals surface area contributed by atoms with Gasteiger partial charge in [-0.2, -0.15) is 0 Å². The zero-order valence-corrected chi connectivity index (χ0v) is 27.2. The van der Waals surface area contributed by atoms with E-state index in [0.29, 0.717) is 0 Å². The summed E-state index contributed by atoms with van der Waals surface area (Å²) in [6, 6.07) is 63.1. The van der Waals surface area contributed by atoms with Crippen molar-refractivity contribution in [2.24, 2.45) is 0 Å². The highest BCUT2D eigenvalue weighted by Gasteiger charge is 2.16. The molecule has 0 bridgehead atoms. The Morgan fingerprint density at radius 3 is 1.51 bits per heavy atom. The molecule has 0 aliphatic rings. The van der Waals surface area contributed by atoms with Crippen molar-refractivity contribution in [1.82, 2.24) is 9.97 Å². The second-order valence-electron chi connectivity index (χ2n) is 12.0. The molecule has 0 saturated heterocycles. The van der Waals surface area contributed by atoms with Crippen molar-refractivity contribution in [1.29, 1.82) is 0 Å². The Morgan fingerprint density at radius 1 is 0.408 bits per heavy atom. The quantitative estimate of drug-likeness (QED) is 0.181. The van der Waals surface area contributed by atoms with Gasteiger partial charge in [0.2, 0.25) is 0 Å². The van der Waals surface area contributed by atoms with Gasteiger partial charge in [0.15, 0.2) is 0 Å². The number of nitrogens with one attached hydrogen (secondary N) is 1. The SMILES string of the molecule is Cc1ccccc1-c1ccccc1Nc1ccc(N(c2ccccc2)c2ccc(-c3nc4ccccc4nc3-c3ccccc3)cc2)cc1.